The lowest BCUT2D eigenvalue weighted by Gasteiger charge is -2.27. The molecule has 0 amide bonds. The largest absolute Gasteiger partial charge is 0.383 e. The normalized spacial score (nSPS) is 19.6. The van der Waals surface area contributed by atoms with Crippen LogP contribution in [0.1, 0.15) is 32.4 Å². The van der Waals surface area contributed by atoms with Crippen molar-refractivity contribution in [2.75, 3.05) is 31.7 Å². The standard InChI is InChI=1S/C14H25N3OS/c1-11(2)13-5-4-7-17(13)14-16-12(10-19-14)9-15-6-8-18-3/h10-11,13,15H,4-9H2,1-3H3. The first-order chi connectivity index (χ1) is 9.22. The Balaban J connectivity index is 1.89. The van der Waals surface area contributed by atoms with Gasteiger partial charge in [0.15, 0.2) is 5.13 Å². The van der Waals surface area contributed by atoms with Crippen LogP contribution in [0.4, 0.5) is 5.13 Å². The minimum Gasteiger partial charge on any atom is -0.383 e. The molecule has 1 fully saturated rings. The van der Waals surface area contributed by atoms with Gasteiger partial charge in [-0.15, -0.1) is 11.3 Å². The second-order valence-corrected chi connectivity index (χ2v) is 6.27. The van der Waals surface area contributed by atoms with Crippen LogP contribution in [-0.4, -0.2) is 37.8 Å². The first-order valence-corrected chi connectivity index (χ1v) is 8.01. The van der Waals surface area contributed by atoms with E-state index >= 15 is 0 Å². The van der Waals surface area contributed by atoms with Gasteiger partial charge in [0.1, 0.15) is 0 Å². The molecular weight excluding hydrogens is 258 g/mol. The molecular formula is C14H25N3OS. The van der Waals surface area contributed by atoms with E-state index in [2.05, 4.69) is 29.4 Å². The Morgan fingerprint density at radius 1 is 1.58 bits per heavy atom. The van der Waals surface area contributed by atoms with Crippen molar-refractivity contribution in [3.8, 4) is 0 Å². The van der Waals surface area contributed by atoms with Gasteiger partial charge in [0.25, 0.3) is 0 Å². The minimum atomic E-state index is 0.667. The topological polar surface area (TPSA) is 37.4 Å². The zero-order valence-electron chi connectivity index (χ0n) is 12.2. The summed E-state index contributed by atoms with van der Waals surface area (Å²) in [6, 6.07) is 0.667. The van der Waals surface area contributed by atoms with Crippen molar-refractivity contribution in [1.82, 2.24) is 10.3 Å². The van der Waals surface area contributed by atoms with Crippen molar-refractivity contribution >= 4 is 16.5 Å². The van der Waals surface area contributed by atoms with Gasteiger partial charge in [-0.05, 0) is 18.8 Å². The molecule has 1 aromatic rings. The lowest BCUT2D eigenvalue weighted by atomic mass is 10.0. The summed E-state index contributed by atoms with van der Waals surface area (Å²) >= 11 is 1.78. The predicted molar refractivity (Wildman–Crippen MR) is 80.9 cm³/mol. The molecule has 2 rings (SSSR count). The summed E-state index contributed by atoms with van der Waals surface area (Å²) < 4.78 is 5.02. The van der Waals surface area contributed by atoms with Crippen LogP contribution in [0.15, 0.2) is 5.38 Å². The quantitative estimate of drug-likeness (QED) is 0.780. The van der Waals surface area contributed by atoms with E-state index in [0.717, 1.165) is 31.9 Å². The number of nitrogens with zero attached hydrogens (tertiary/aromatic N) is 2. The van der Waals surface area contributed by atoms with Gasteiger partial charge in [0.05, 0.1) is 12.3 Å². The van der Waals surface area contributed by atoms with Crippen LogP contribution < -0.4 is 10.2 Å². The molecule has 0 aromatic carbocycles. The molecule has 1 unspecified atom stereocenters. The van der Waals surface area contributed by atoms with Crippen molar-refractivity contribution in [1.29, 1.82) is 0 Å². The third-order valence-corrected chi connectivity index (χ3v) is 4.57. The van der Waals surface area contributed by atoms with Crippen molar-refractivity contribution in [2.24, 2.45) is 5.92 Å². The van der Waals surface area contributed by atoms with E-state index in [0.29, 0.717) is 12.0 Å². The fraction of sp³-hybridized carbons (Fsp3) is 0.786. The van der Waals surface area contributed by atoms with Gasteiger partial charge in [-0.2, -0.15) is 0 Å². The van der Waals surface area contributed by atoms with Crippen LogP contribution in [0.3, 0.4) is 0 Å². The molecule has 4 nitrogen and oxygen atoms in total. The molecule has 0 saturated carbocycles. The number of aromatic nitrogens is 1. The molecule has 1 aliphatic rings. The van der Waals surface area contributed by atoms with Crippen LogP contribution in [0.2, 0.25) is 0 Å². The molecule has 0 radical (unpaired) electrons. The second-order valence-electron chi connectivity index (χ2n) is 5.44. The number of nitrogens with one attached hydrogen (secondary N) is 1. The Kier molecular flexibility index (Phi) is 5.60. The van der Waals surface area contributed by atoms with Gasteiger partial charge in [-0.25, -0.2) is 4.98 Å². The number of rotatable bonds is 7. The lowest BCUT2D eigenvalue weighted by Crippen LogP contribution is -2.33. The number of hydrogen-bond acceptors (Lipinski definition) is 5. The molecule has 1 atom stereocenters. The van der Waals surface area contributed by atoms with E-state index in [1.807, 2.05) is 0 Å². The minimum absolute atomic E-state index is 0.667. The van der Waals surface area contributed by atoms with Crippen molar-refractivity contribution in [3.63, 3.8) is 0 Å². The Bertz CT molecular complexity index is 381. The smallest absolute Gasteiger partial charge is 0.185 e. The maximum absolute atomic E-state index is 5.02. The van der Waals surface area contributed by atoms with Gasteiger partial charge in [-0.3, -0.25) is 0 Å². The average Bonchev–Trinajstić information content (AvgIpc) is 3.02. The second kappa shape index (κ2) is 7.22. The van der Waals surface area contributed by atoms with Gasteiger partial charge in [0, 0.05) is 38.2 Å². The molecule has 108 valence electrons. The highest BCUT2D eigenvalue weighted by Crippen LogP contribution is 2.31. The van der Waals surface area contributed by atoms with Crippen LogP contribution in [-0.2, 0) is 11.3 Å². The molecule has 5 heteroatoms. The molecule has 0 bridgehead atoms. The van der Waals surface area contributed by atoms with E-state index in [4.69, 9.17) is 9.72 Å². The van der Waals surface area contributed by atoms with Crippen molar-refractivity contribution < 1.29 is 4.74 Å². The van der Waals surface area contributed by atoms with E-state index in [1.54, 1.807) is 18.4 Å². The van der Waals surface area contributed by atoms with E-state index in [9.17, 15) is 0 Å². The molecule has 1 saturated heterocycles. The molecule has 1 aliphatic heterocycles. The number of hydrogen-bond donors (Lipinski definition) is 1. The van der Waals surface area contributed by atoms with Crippen LogP contribution in [0, 0.1) is 5.92 Å². The third-order valence-electron chi connectivity index (χ3n) is 3.64. The maximum Gasteiger partial charge on any atom is 0.185 e. The summed E-state index contributed by atoms with van der Waals surface area (Å²) in [5.74, 6) is 0.703. The van der Waals surface area contributed by atoms with Gasteiger partial charge in [-0.1, -0.05) is 13.8 Å². The zero-order valence-corrected chi connectivity index (χ0v) is 13.0. The highest BCUT2D eigenvalue weighted by molar-refractivity contribution is 7.13. The van der Waals surface area contributed by atoms with E-state index in [1.165, 1.54) is 18.0 Å². The fourth-order valence-corrected chi connectivity index (χ4v) is 3.53. The number of thiazole rings is 1. The first-order valence-electron chi connectivity index (χ1n) is 7.13. The summed E-state index contributed by atoms with van der Waals surface area (Å²) in [4.78, 5) is 7.26. The lowest BCUT2D eigenvalue weighted by molar-refractivity contribution is 0.199. The summed E-state index contributed by atoms with van der Waals surface area (Å²) in [7, 11) is 1.72. The number of ether oxygens (including phenoxy) is 1. The van der Waals surface area contributed by atoms with Gasteiger partial charge < -0.3 is 15.0 Å². The Hall–Kier alpha value is -0.650. The van der Waals surface area contributed by atoms with E-state index in [-0.39, 0.29) is 0 Å². The predicted octanol–water partition coefficient (Wildman–Crippen LogP) is 2.50. The SMILES string of the molecule is COCCNCc1csc(N2CCCC2C(C)C)n1. The molecule has 0 spiro atoms. The Morgan fingerprint density at radius 3 is 3.16 bits per heavy atom. The monoisotopic (exact) mass is 283 g/mol. The van der Waals surface area contributed by atoms with Crippen LogP contribution >= 0.6 is 11.3 Å². The molecule has 0 aliphatic carbocycles. The molecule has 19 heavy (non-hydrogen) atoms. The summed E-state index contributed by atoms with van der Waals surface area (Å²) in [6.07, 6.45) is 2.60. The van der Waals surface area contributed by atoms with Crippen molar-refractivity contribution in [2.45, 2.75) is 39.3 Å². The van der Waals surface area contributed by atoms with Crippen molar-refractivity contribution in [3.05, 3.63) is 11.1 Å². The van der Waals surface area contributed by atoms with Crippen LogP contribution in [0.5, 0.6) is 0 Å². The summed E-state index contributed by atoms with van der Waals surface area (Å²) in [5.41, 5.74) is 1.14. The zero-order chi connectivity index (χ0) is 13.7. The third kappa shape index (κ3) is 3.91. The van der Waals surface area contributed by atoms with Gasteiger partial charge >= 0.3 is 0 Å². The molecule has 1 N–H and O–H groups in total. The number of anilines is 1. The number of methoxy groups -OCH3 is 1. The maximum atomic E-state index is 5.02. The average molecular weight is 283 g/mol. The summed E-state index contributed by atoms with van der Waals surface area (Å²) in [5, 5.41) is 6.71. The van der Waals surface area contributed by atoms with Crippen LogP contribution in [0.25, 0.3) is 0 Å². The highest BCUT2D eigenvalue weighted by atomic mass is 32.1. The molecule has 1 aromatic heterocycles. The fourth-order valence-electron chi connectivity index (χ4n) is 2.62. The molecule has 2 heterocycles. The van der Waals surface area contributed by atoms with E-state index < -0.39 is 0 Å². The Morgan fingerprint density at radius 2 is 2.42 bits per heavy atom. The summed E-state index contributed by atoms with van der Waals surface area (Å²) in [6.45, 7) is 8.24. The van der Waals surface area contributed by atoms with Gasteiger partial charge in [0.2, 0.25) is 0 Å². The first kappa shape index (κ1) is 14.8. The highest BCUT2D eigenvalue weighted by Gasteiger charge is 2.28. The Labute approximate surface area is 120 Å².